The van der Waals surface area contributed by atoms with Crippen molar-refractivity contribution >= 4 is 0 Å². The van der Waals surface area contributed by atoms with E-state index in [0.29, 0.717) is 0 Å². The summed E-state index contributed by atoms with van der Waals surface area (Å²) in [5.74, 6) is -0.239. The van der Waals surface area contributed by atoms with Crippen molar-refractivity contribution in [3.63, 3.8) is 0 Å². The van der Waals surface area contributed by atoms with Crippen LogP contribution in [-0.2, 0) is 0 Å². The van der Waals surface area contributed by atoms with Crippen molar-refractivity contribution in [1.82, 2.24) is 0 Å². The zero-order valence-electron chi connectivity index (χ0n) is 12.4. The minimum absolute atomic E-state index is 0.0953. The van der Waals surface area contributed by atoms with Crippen LogP contribution in [0, 0.1) is 19.3 Å². The van der Waals surface area contributed by atoms with Gasteiger partial charge in [0.05, 0.1) is 0 Å². The van der Waals surface area contributed by atoms with E-state index in [1.165, 1.54) is 0 Å². The molecule has 1 aromatic rings. The minimum atomic E-state index is -5.25. The van der Waals surface area contributed by atoms with Crippen LogP contribution in [0.3, 0.4) is 0 Å². The van der Waals surface area contributed by atoms with Crippen molar-refractivity contribution in [2.24, 2.45) is 5.41 Å². The molecular formula is C16H18F6. The van der Waals surface area contributed by atoms with Gasteiger partial charge in [0.25, 0.3) is 0 Å². The summed E-state index contributed by atoms with van der Waals surface area (Å²) >= 11 is 0. The zero-order chi connectivity index (χ0) is 16.8. The Labute approximate surface area is 125 Å². The van der Waals surface area contributed by atoms with Crippen molar-refractivity contribution in [2.45, 2.75) is 57.8 Å². The van der Waals surface area contributed by atoms with Gasteiger partial charge in [0.2, 0.25) is 0 Å². The molecule has 0 heterocycles. The Hall–Kier alpha value is -1.20. The van der Waals surface area contributed by atoms with Gasteiger partial charge in [-0.1, -0.05) is 29.3 Å². The predicted molar refractivity (Wildman–Crippen MR) is 71.7 cm³/mol. The smallest absolute Gasteiger partial charge is 0.170 e. The van der Waals surface area contributed by atoms with Crippen molar-refractivity contribution in [3.8, 4) is 0 Å². The van der Waals surface area contributed by atoms with Crippen molar-refractivity contribution < 1.29 is 26.3 Å². The van der Waals surface area contributed by atoms with Gasteiger partial charge in [-0.05, 0) is 51.0 Å². The third-order valence-corrected chi connectivity index (χ3v) is 4.64. The molecule has 22 heavy (non-hydrogen) atoms. The Morgan fingerprint density at radius 2 is 1.23 bits per heavy atom. The van der Waals surface area contributed by atoms with E-state index >= 15 is 0 Å². The maximum Gasteiger partial charge on any atom is 0.403 e. The molecule has 0 aliphatic heterocycles. The number of hydrogen-bond donors (Lipinski definition) is 0. The Morgan fingerprint density at radius 1 is 0.818 bits per heavy atom. The Morgan fingerprint density at radius 3 is 1.59 bits per heavy atom. The van der Waals surface area contributed by atoms with Crippen LogP contribution in [0.25, 0.3) is 0 Å². The first kappa shape index (κ1) is 17.2. The summed E-state index contributed by atoms with van der Waals surface area (Å²) in [6.07, 6.45) is -12.5. The predicted octanol–water partition coefficient (Wildman–Crippen LogP) is 6.07. The van der Waals surface area contributed by atoms with Crippen LogP contribution in [0.2, 0.25) is 0 Å². The van der Waals surface area contributed by atoms with E-state index in [0.717, 1.165) is 16.7 Å². The second kappa shape index (κ2) is 5.46. The highest BCUT2D eigenvalue weighted by Gasteiger charge is 2.70. The van der Waals surface area contributed by atoms with Crippen molar-refractivity contribution in [2.75, 3.05) is 0 Å². The molecule has 0 amide bonds. The first-order chi connectivity index (χ1) is 9.96. The molecule has 0 atom stereocenters. The fourth-order valence-electron chi connectivity index (χ4n) is 3.42. The summed E-state index contributed by atoms with van der Waals surface area (Å²) in [6.45, 7) is 3.74. The van der Waals surface area contributed by atoms with Crippen molar-refractivity contribution in [3.05, 3.63) is 34.9 Å². The number of hydrogen-bond acceptors (Lipinski definition) is 0. The first-order valence-corrected chi connectivity index (χ1v) is 7.18. The van der Waals surface area contributed by atoms with Gasteiger partial charge in [0, 0.05) is 0 Å². The molecule has 1 saturated carbocycles. The van der Waals surface area contributed by atoms with E-state index in [1.807, 2.05) is 32.0 Å². The topological polar surface area (TPSA) is 0 Å². The molecule has 6 heteroatoms. The largest absolute Gasteiger partial charge is 0.403 e. The molecule has 0 saturated heterocycles. The maximum absolute atomic E-state index is 13.0. The molecule has 2 rings (SSSR count). The van der Waals surface area contributed by atoms with E-state index in [-0.39, 0.29) is 18.8 Å². The highest BCUT2D eigenvalue weighted by molar-refractivity contribution is 5.31. The van der Waals surface area contributed by atoms with E-state index in [4.69, 9.17) is 0 Å². The number of rotatable bonds is 1. The SMILES string of the molecule is Cc1cc(C)cc(C2CCC(C(F)(F)F)(C(F)(F)F)CC2)c1. The van der Waals surface area contributed by atoms with Gasteiger partial charge in [0.1, 0.15) is 0 Å². The van der Waals surface area contributed by atoms with Gasteiger partial charge in [-0.3, -0.25) is 0 Å². The molecule has 124 valence electrons. The van der Waals surface area contributed by atoms with Crippen LogP contribution in [0.4, 0.5) is 26.3 Å². The number of halogens is 6. The van der Waals surface area contributed by atoms with Gasteiger partial charge < -0.3 is 0 Å². The third-order valence-electron chi connectivity index (χ3n) is 4.64. The molecular weight excluding hydrogens is 306 g/mol. The van der Waals surface area contributed by atoms with Gasteiger partial charge in [-0.15, -0.1) is 0 Å². The highest BCUT2D eigenvalue weighted by Crippen LogP contribution is 2.60. The minimum Gasteiger partial charge on any atom is -0.170 e. The molecule has 0 unspecified atom stereocenters. The Kier molecular flexibility index (Phi) is 4.26. The van der Waals surface area contributed by atoms with Crippen LogP contribution >= 0.6 is 0 Å². The molecule has 1 fully saturated rings. The summed E-state index contributed by atoms with van der Waals surface area (Å²) < 4.78 is 78.2. The van der Waals surface area contributed by atoms with Gasteiger partial charge in [-0.25, -0.2) is 0 Å². The average molecular weight is 324 g/mol. The van der Waals surface area contributed by atoms with Gasteiger partial charge in [0.15, 0.2) is 5.41 Å². The lowest BCUT2D eigenvalue weighted by Crippen LogP contribution is -2.51. The summed E-state index contributed by atoms with van der Waals surface area (Å²) in [4.78, 5) is 0. The van der Waals surface area contributed by atoms with Crippen LogP contribution in [0.15, 0.2) is 18.2 Å². The van der Waals surface area contributed by atoms with E-state index < -0.39 is 30.6 Å². The van der Waals surface area contributed by atoms with Crippen LogP contribution in [0.5, 0.6) is 0 Å². The van der Waals surface area contributed by atoms with Crippen LogP contribution in [0.1, 0.15) is 48.3 Å². The molecule has 0 spiro atoms. The van der Waals surface area contributed by atoms with Crippen molar-refractivity contribution in [1.29, 1.82) is 0 Å². The molecule has 1 aromatic carbocycles. The standard InChI is InChI=1S/C16H18F6/c1-10-7-11(2)9-13(8-10)12-3-5-14(6-4-12,15(17,18)19)16(20,21)22/h7-9,12H,3-6H2,1-2H3. The number of aryl methyl sites for hydroxylation is 2. The quantitative estimate of drug-likeness (QED) is 0.550. The fourth-order valence-corrected chi connectivity index (χ4v) is 3.42. The molecule has 0 nitrogen and oxygen atoms in total. The fraction of sp³-hybridized carbons (Fsp3) is 0.625. The first-order valence-electron chi connectivity index (χ1n) is 7.18. The lowest BCUT2D eigenvalue weighted by atomic mass is 9.67. The molecule has 0 bridgehead atoms. The maximum atomic E-state index is 13.0. The monoisotopic (exact) mass is 324 g/mol. The lowest BCUT2D eigenvalue weighted by Gasteiger charge is -2.42. The second-order valence-corrected chi connectivity index (χ2v) is 6.27. The summed E-state index contributed by atoms with van der Waals surface area (Å²) in [6, 6.07) is 5.64. The molecule has 1 aliphatic carbocycles. The normalized spacial score (nSPS) is 20.2. The zero-order valence-corrected chi connectivity index (χ0v) is 12.4. The number of benzene rings is 1. The Bertz CT molecular complexity index is 496. The molecule has 0 aromatic heterocycles. The number of alkyl halides is 6. The summed E-state index contributed by atoms with van der Waals surface area (Å²) in [5, 5.41) is 0. The van der Waals surface area contributed by atoms with E-state index in [9.17, 15) is 26.3 Å². The summed E-state index contributed by atoms with van der Waals surface area (Å²) in [5.41, 5.74) is -0.762. The Balaban J connectivity index is 2.24. The lowest BCUT2D eigenvalue weighted by molar-refractivity contribution is -0.350. The van der Waals surface area contributed by atoms with E-state index in [1.54, 1.807) is 0 Å². The molecule has 0 N–H and O–H groups in total. The van der Waals surface area contributed by atoms with Gasteiger partial charge in [-0.2, -0.15) is 26.3 Å². The second-order valence-electron chi connectivity index (χ2n) is 6.27. The average Bonchev–Trinajstić information content (AvgIpc) is 2.35. The van der Waals surface area contributed by atoms with Crippen LogP contribution in [-0.4, -0.2) is 12.4 Å². The third kappa shape index (κ3) is 2.97. The molecule has 1 aliphatic rings. The van der Waals surface area contributed by atoms with Gasteiger partial charge >= 0.3 is 12.4 Å². The molecule has 0 radical (unpaired) electrons. The van der Waals surface area contributed by atoms with Crippen LogP contribution < -0.4 is 0 Å². The van der Waals surface area contributed by atoms with E-state index in [2.05, 4.69) is 0 Å². The summed E-state index contributed by atoms with van der Waals surface area (Å²) in [7, 11) is 0. The highest BCUT2D eigenvalue weighted by atomic mass is 19.4.